The van der Waals surface area contributed by atoms with Crippen LogP contribution in [0.3, 0.4) is 0 Å². The topological polar surface area (TPSA) is 71.1 Å². The molecule has 0 fully saturated rings. The zero-order chi connectivity index (χ0) is 14.6. The molecule has 2 N–H and O–H groups in total. The van der Waals surface area contributed by atoms with E-state index in [1.54, 1.807) is 13.0 Å². The van der Waals surface area contributed by atoms with Crippen LogP contribution < -0.4 is 10.6 Å². The van der Waals surface area contributed by atoms with Gasteiger partial charge in [-0.15, -0.1) is 0 Å². The minimum Gasteiger partial charge on any atom is -0.350 e. The normalized spacial score (nSPS) is 12.7. The first-order valence-electron chi connectivity index (χ1n) is 5.93. The number of aromatic nitrogens is 1. The number of amides is 2. The molecule has 0 radical (unpaired) electrons. The van der Waals surface area contributed by atoms with E-state index < -0.39 is 11.9 Å². The van der Waals surface area contributed by atoms with Gasteiger partial charge in [-0.3, -0.25) is 14.6 Å². The second-order valence-corrected chi connectivity index (χ2v) is 5.73. The fourth-order valence-electron chi connectivity index (χ4n) is 1.34. The molecule has 104 valence electrons. The zero-order valence-electron chi connectivity index (χ0n) is 11.5. The highest BCUT2D eigenvalue weighted by atomic mass is 35.5. The monoisotopic (exact) mass is 283 g/mol. The molecule has 0 saturated heterocycles. The number of pyridine rings is 1. The largest absolute Gasteiger partial charge is 0.350 e. The van der Waals surface area contributed by atoms with Crippen molar-refractivity contribution in [3.63, 3.8) is 0 Å². The molecule has 0 saturated carbocycles. The van der Waals surface area contributed by atoms with Crippen LogP contribution in [0.2, 0.25) is 5.02 Å². The Balaban J connectivity index is 2.64. The lowest BCUT2D eigenvalue weighted by atomic mass is 10.1. The standard InChI is InChI=1S/C13H18ClN3O2/c1-8(11(18)17-13(2,3)4)16-12(19)10-7-9(14)5-6-15-10/h5-8H,1-4H3,(H,16,19)(H,17,18). The van der Waals surface area contributed by atoms with Gasteiger partial charge in [0.2, 0.25) is 5.91 Å². The Morgan fingerprint density at radius 2 is 2.00 bits per heavy atom. The van der Waals surface area contributed by atoms with E-state index in [9.17, 15) is 9.59 Å². The lowest BCUT2D eigenvalue weighted by Gasteiger charge is -2.23. The molecule has 1 aromatic heterocycles. The Bertz CT molecular complexity index is 483. The molecule has 0 bridgehead atoms. The lowest BCUT2D eigenvalue weighted by molar-refractivity contribution is -0.124. The molecule has 1 aromatic rings. The first-order chi connectivity index (χ1) is 8.69. The van der Waals surface area contributed by atoms with E-state index in [0.29, 0.717) is 5.02 Å². The Labute approximate surface area is 117 Å². The summed E-state index contributed by atoms with van der Waals surface area (Å²) in [5, 5.41) is 5.78. The van der Waals surface area contributed by atoms with Crippen molar-refractivity contribution in [2.24, 2.45) is 0 Å². The molecule has 1 rings (SSSR count). The summed E-state index contributed by atoms with van der Waals surface area (Å²) in [5.41, 5.74) is -0.160. The smallest absolute Gasteiger partial charge is 0.270 e. The maximum Gasteiger partial charge on any atom is 0.270 e. The van der Waals surface area contributed by atoms with E-state index in [2.05, 4.69) is 15.6 Å². The molecule has 1 atom stereocenters. The van der Waals surface area contributed by atoms with E-state index in [1.807, 2.05) is 20.8 Å². The van der Waals surface area contributed by atoms with Gasteiger partial charge in [0.25, 0.3) is 5.91 Å². The molecule has 19 heavy (non-hydrogen) atoms. The first-order valence-corrected chi connectivity index (χ1v) is 6.31. The molecule has 5 nitrogen and oxygen atoms in total. The Morgan fingerprint density at radius 1 is 1.37 bits per heavy atom. The molecule has 0 aliphatic carbocycles. The first kappa shape index (κ1) is 15.4. The number of hydrogen-bond acceptors (Lipinski definition) is 3. The highest BCUT2D eigenvalue weighted by Gasteiger charge is 2.21. The van der Waals surface area contributed by atoms with Gasteiger partial charge in [0.05, 0.1) is 0 Å². The van der Waals surface area contributed by atoms with E-state index in [1.165, 1.54) is 12.3 Å². The maximum atomic E-state index is 11.9. The molecule has 0 aromatic carbocycles. The molecule has 1 heterocycles. The predicted molar refractivity (Wildman–Crippen MR) is 74.1 cm³/mol. The summed E-state index contributed by atoms with van der Waals surface area (Å²) in [7, 11) is 0. The van der Waals surface area contributed by atoms with E-state index in [-0.39, 0.29) is 17.1 Å². The van der Waals surface area contributed by atoms with Gasteiger partial charge < -0.3 is 10.6 Å². The molecule has 0 aliphatic heterocycles. The van der Waals surface area contributed by atoms with Crippen molar-refractivity contribution in [2.45, 2.75) is 39.3 Å². The number of carbonyl (C=O) groups excluding carboxylic acids is 2. The summed E-state index contributed by atoms with van der Waals surface area (Å²) in [4.78, 5) is 27.6. The number of halogens is 1. The van der Waals surface area contributed by atoms with Crippen LogP contribution in [0, 0.1) is 0 Å². The quantitative estimate of drug-likeness (QED) is 0.888. The molecule has 0 spiro atoms. The molecular weight excluding hydrogens is 266 g/mol. The summed E-state index contributed by atoms with van der Waals surface area (Å²) in [6.45, 7) is 7.23. The van der Waals surface area contributed by atoms with Crippen molar-refractivity contribution < 1.29 is 9.59 Å². The number of rotatable bonds is 3. The van der Waals surface area contributed by atoms with Gasteiger partial charge in [0, 0.05) is 16.8 Å². The van der Waals surface area contributed by atoms with Crippen LogP contribution in [0.4, 0.5) is 0 Å². The molecule has 0 aliphatic rings. The summed E-state index contributed by atoms with van der Waals surface area (Å²) < 4.78 is 0. The summed E-state index contributed by atoms with van der Waals surface area (Å²) >= 11 is 5.78. The number of hydrogen-bond donors (Lipinski definition) is 2. The number of nitrogens with one attached hydrogen (secondary N) is 2. The van der Waals surface area contributed by atoms with Crippen molar-refractivity contribution in [1.82, 2.24) is 15.6 Å². The molecule has 2 amide bonds. The highest BCUT2D eigenvalue weighted by molar-refractivity contribution is 6.30. The van der Waals surface area contributed by atoms with Crippen LogP contribution in [-0.4, -0.2) is 28.4 Å². The minimum absolute atomic E-state index is 0.183. The average molecular weight is 284 g/mol. The van der Waals surface area contributed by atoms with Crippen LogP contribution in [0.1, 0.15) is 38.2 Å². The SMILES string of the molecule is CC(NC(=O)c1cc(Cl)ccn1)C(=O)NC(C)(C)C. The Kier molecular flexibility index (Phi) is 4.89. The average Bonchev–Trinajstić information content (AvgIpc) is 2.26. The van der Waals surface area contributed by atoms with Crippen LogP contribution in [0.25, 0.3) is 0 Å². The van der Waals surface area contributed by atoms with Crippen molar-refractivity contribution in [3.05, 3.63) is 29.0 Å². The molecule has 1 unspecified atom stereocenters. The van der Waals surface area contributed by atoms with Gasteiger partial charge in [0.15, 0.2) is 0 Å². The van der Waals surface area contributed by atoms with Crippen LogP contribution in [-0.2, 0) is 4.79 Å². The number of carbonyl (C=O) groups is 2. The van der Waals surface area contributed by atoms with Gasteiger partial charge in [-0.2, -0.15) is 0 Å². The molecule has 6 heteroatoms. The van der Waals surface area contributed by atoms with Crippen LogP contribution in [0.5, 0.6) is 0 Å². The van der Waals surface area contributed by atoms with Gasteiger partial charge in [-0.05, 0) is 39.8 Å². The second kappa shape index (κ2) is 6.02. The van der Waals surface area contributed by atoms with Gasteiger partial charge >= 0.3 is 0 Å². The lowest BCUT2D eigenvalue weighted by Crippen LogP contribution is -2.50. The fraction of sp³-hybridized carbons (Fsp3) is 0.462. The summed E-state index contributed by atoms with van der Waals surface area (Å²) in [6, 6.07) is 2.38. The van der Waals surface area contributed by atoms with Crippen molar-refractivity contribution in [1.29, 1.82) is 0 Å². The van der Waals surface area contributed by atoms with E-state index in [4.69, 9.17) is 11.6 Å². The Hall–Kier alpha value is -1.62. The van der Waals surface area contributed by atoms with Crippen LogP contribution >= 0.6 is 11.6 Å². The third kappa shape index (κ3) is 5.26. The van der Waals surface area contributed by atoms with Gasteiger partial charge in [0.1, 0.15) is 11.7 Å². The maximum absolute atomic E-state index is 11.9. The van der Waals surface area contributed by atoms with E-state index in [0.717, 1.165) is 0 Å². The summed E-state index contributed by atoms with van der Waals surface area (Å²) in [5.74, 6) is -0.679. The Morgan fingerprint density at radius 3 is 2.53 bits per heavy atom. The predicted octanol–water partition coefficient (Wildman–Crippen LogP) is 1.77. The minimum atomic E-state index is -0.646. The zero-order valence-corrected chi connectivity index (χ0v) is 12.2. The van der Waals surface area contributed by atoms with Gasteiger partial charge in [-0.25, -0.2) is 0 Å². The molecular formula is C13H18ClN3O2. The third-order valence-corrected chi connectivity index (χ3v) is 2.43. The third-order valence-electron chi connectivity index (χ3n) is 2.19. The van der Waals surface area contributed by atoms with Crippen LogP contribution in [0.15, 0.2) is 18.3 Å². The van der Waals surface area contributed by atoms with Crippen molar-refractivity contribution in [3.8, 4) is 0 Å². The highest BCUT2D eigenvalue weighted by Crippen LogP contribution is 2.08. The van der Waals surface area contributed by atoms with Crippen molar-refractivity contribution >= 4 is 23.4 Å². The van der Waals surface area contributed by atoms with E-state index >= 15 is 0 Å². The second-order valence-electron chi connectivity index (χ2n) is 5.29. The van der Waals surface area contributed by atoms with Gasteiger partial charge in [-0.1, -0.05) is 11.6 Å². The summed E-state index contributed by atoms with van der Waals surface area (Å²) in [6.07, 6.45) is 1.44. The fourth-order valence-corrected chi connectivity index (χ4v) is 1.50. The van der Waals surface area contributed by atoms with Crippen molar-refractivity contribution in [2.75, 3.05) is 0 Å². The number of nitrogens with zero attached hydrogens (tertiary/aromatic N) is 1.